The zero-order chi connectivity index (χ0) is 15.7. The van der Waals surface area contributed by atoms with Crippen LogP contribution in [0.5, 0.6) is 0 Å². The number of nitrogens with two attached hydrogens (primary N) is 1. The average Bonchev–Trinajstić information content (AvgIpc) is 2.40. The molecule has 0 heterocycles. The summed E-state index contributed by atoms with van der Waals surface area (Å²) in [6, 6.07) is 0. The highest BCUT2D eigenvalue weighted by Gasteiger charge is 2.43. The zero-order valence-electron chi connectivity index (χ0n) is 14.2. The van der Waals surface area contributed by atoms with Crippen molar-refractivity contribution in [2.45, 2.75) is 54.9 Å². The molecule has 0 unspecified atom stereocenters. The van der Waals surface area contributed by atoms with Crippen LogP contribution in [0.1, 0.15) is 54.9 Å². The molecular formula is C17H35N2+. The molecule has 0 aromatic heterocycles. The number of rotatable bonds is 7. The van der Waals surface area contributed by atoms with Crippen LogP contribution in [0.4, 0.5) is 0 Å². The maximum absolute atomic E-state index is 5.65. The van der Waals surface area contributed by atoms with Crippen molar-refractivity contribution in [2.75, 3.05) is 13.1 Å². The third kappa shape index (κ3) is 4.94. The van der Waals surface area contributed by atoms with E-state index in [2.05, 4.69) is 52.4 Å². The zero-order valence-corrected chi connectivity index (χ0v) is 14.2. The molecule has 0 aliphatic carbocycles. The summed E-state index contributed by atoms with van der Waals surface area (Å²) in [5.41, 5.74) is 7.08. The first-order chi connectivity index (χ1) is 8.78. The molecule has 2 nitrogen and oxygen atoms in total. The van der Waals surface area contributed by atoms with Gasteiger partial charge in [-0.15, -0.1) is 0 Å². The Morgan fingerprint density at radius 2 is 1.63 bits per heavy atom. The van der Waals surface area contributed by atoms with Crippen molar-refractivity contribution in [3.63, 3.8) is 0 Å². The minimum atomic E-state index is 0.0346. The molecule has 2 heteroatoms. The molecule has 19 heavy (non-hydrogen) atoms. The SMILES string of the molecule is C=CC(=[N+](C=C)CCN)C(C)(C)C(C)(C)CC.CC. The molecular weight excluding hydrogens is 232 g/mol. The van der Waals surface area contributed by atoms with Crippen LogP contribution in [-0.2, 0) is 0 Å². The fourth-order valence-electron chi connectivity index (χ4n) is 1.97. The molecule has 0 amide bonds. The van der Waals surface area contributed by atoms with E-state index in [4.69, 9.17) is 5.73 Å². The van der Waals surface area contributed by atoms with Gasteiger partial charge in [-0.2, -0.15) is 0 Å². The maximum atomic E-state index is 5.65. The van der Waals surface area contributed by atoms with Crippen LogP contribution in [0, 0.1) is 10.8 Å². The lowest BCUT2D eigenvalue weighted by Crippen LogP contribution is -2.42. The molecule has 0 aromatic rings. The van der Waals surface area contributed by atoms with Gasteiger partial charge in [0, 0.05) is 0 Å². The molecule has 0 rings (SSSR count). The summed E-state index contributed by atoms with van der Waals surface area (Å²) < 4.78 is 2.12. The summed E-state index contributed by atoms with van der Waals surface area (Å²) in [6.07, 6.45) is 4.90. The van der Waals surface area contributed by atoms with Gasteiger partial charge < -0.3 is 5.73 Å². The summed E-state index contributed by atoms with van der Waals surface area (Å²) in [6.45, 7) is 24.6. The summed E-state index contributed by atoms with van der Waals surface area (Å²) in [4.78, 5) is 0. The van der Waals surface area contributed by atoms with Crippen LogP contribution in [-0.4, -0.2) is 23.4 Å². The van der Waals surface area contributed by atoms with E-state index >= 15 is 0 Å². The summed E-state index contributed by atoms with van der Waals surface area (Å²) in [5, 5.41) is 0. The standard InChI is InChI=1S/C15H29N2.C2H6/c1-8-13(17(10-3)12-11-16)15(6,7)14(4,5)9-2;1-2/h8,10H,1,3,9,11-12,16H2,2,4-7H3;1-2H3/q+1;. The lowest BCUT2D eigenvalue weighted by molar-refractivity contribution is -0.457. The van der Waals surface area contributed by atoms with Crippen molar-refractivity contribution >= 4 is 5.71 Å². The van der Waals surface area contributed by atoms with Crippen molar-refractivity contribution in [1.29, 1.82) is 0 Å². The average molecular weight is 267 g/mol. The largest absolute Gasteiger partial charge is 0.325 e. The van der Waals surface area contributed by atoms with Crippen molar-refractivity contribution in [3.05, 3.63) is 25.4 Å². The Balaban J connectivity index is 0. The first-order valence-corrected chi connectivity index (χ1v) is 7.37. The molecule has 0 fully saturated rings. The van der Waals surface area contributed by atoms with Gasteiger partial charge in [-0.25, -0.2) is 4.58 Å². The highest BCUT2D eigenvalue weighted by molar-refractivity contribution is 5.95. The highest BCUT2D eigenvalue weighted by atomic mass is 15.0. The van der Waals surface area contributed by atoms with E-state index in [1.165, 1.54) is 5.71 Å². The third-order valence-corrected chi connectivity index (χ3v) is 4.31. The Morgan fingerprint density at radius 3 is 1.89 bits per heavy atom. The first kappa shape index (κ1) is 20.4. The first-order valence-electron chi connectivity index (χ1n) is 7.37. The van der Waals surface area contributed by atoms with Gasteiger partial charge in [0.1, 0.15) is 0 Å². The van der Waals surface area contributed by atoms with Crippen molar-refractivity contribution in [2.24, 2.45) is 16.6 Å². The van der Waals surface area contributed by atoms with Gasteiger partial charge in [0.15, 0.2) is 18.5 Å². The van der Waals surface area contributed by atoms with E-state index in [0.29, 0.717) is 6.54 Å². The van der Waals surface area contributed by atoms with Gasteiger partial charge in [-0.05, 0) is 38.3 Å². The smallest absolute Gasteiger partial charge is 0.186 e. The van der Waals surface area contributed by atoms with E-state index < -0.39 is 0 Å². The predicted octanol–water partition coefficient (Wildman–Crippen LogP) is 4.22. The Labute approximate surface area is 121 Å². The second-order valence-electron chi connectivity index (χ2n) is 5.62. The lowest BCUT2D eigenvalue weighted by atomic mass is 9.63. The van der Waals surface area contributed by atoms with E-state index in [1.807, 2.05) is 26.1 Å². The molecule has 0 aliphatic rings. The molecule has 2 N–H and O–H groups in total. The summed E-state index contributed by atoms with van der Waals surface area (Å²) in [7, 11) is 0. The number of hydrogen-bond donors (Lipinski definition) is 1. The predicted molar refractivity (Wildman–Crippen MR) is 88.8 cm³/mol. The minimum Gasteiger partial charge on any atom is -0.325 e. The van der Waals surface area contributed by atoms with Crippen LogP contribution < -0.4 is 5.73 Å². The van der Waals surface area contributed by atoms with E-state index in [9.17, 15) is 0 Å². The monoisotopic (exact) mass is 267 g/mol. The second-order valence-corrected chi connectivity index (χ2v) is 5.62. The fourth-order valence-corrected chi connectivity index (χ4v) is 1.97. The van der Waals surface area contributed by atoms with Gasteiger partial charge in [-0.1, -0.05) is 41.2 Å². The topological polar surface area (TPSA) is 29.0 Å². The van der Waals surface area contributed by atoms with Crippen LogP contribution in [0.2, 0.25) is 0 Å². The summed E-state index contributed by atoms with van der Waals surface area (Å²) in [5.74, 6) is 0. The Bertz CT molecular complexity index is 309. The molecule has 0 aromatic carbocycles. The maximum Gasteiger partial charge on any atom is 0.186 e. The molecule has 0 atom stereocenters. The Kier molecular flexibility index (Phi) is 9.77. The normalized spacial score (nSPS) is 13.1. The Morgan fingerprint density at radius 1 is 1.16 bits per heavy atom. The highest BCUT2D eigenvalue weighted by Crippen LogP contribution is 2.42. The van der Waals surface area contributed by atoms with Crippen molar-refractivity contribution in [1.82, 2.24) is 0 Å². The second kappa shape index (κ2) is 9.08. The molecule has 0 saturated carbocycles. The fraction of sp³-hybridized carbons (Fsp3) is 0.706. The van der Waals surface area contributed by atoms with Gasteiger partial charge in [0.2, 0.25) is 0 Å². The Hall–Kier alpha value is -0.890. The third-order valence-electron chi connectivity index (χ3n) is 4.31. The number of hydrogen-bond acceptors (Lipinski definition) is 1. The molecule has 0 radical (unpaired) electrons. The lowest BCUT2D eigenvalue weighted by Gasteiger charge is -2.39. The van der Waals surface area contributed by atoms with E-state index in [0.717, 1.165) is 13.0 Å². The van der Waals surface area contributed by atoms with Crippen LogP contribution in [0.3, 0.4) is 0 Å². The van der Waals surface area contributed by atoms with E-state index in [-0.39, 0.29) is 10.8 Å². The van der Waals surface area contributed by atoms with Gasteiger partial charge in [-0.3, -0.25) is 0 Å². The number of allylic oxidation sites excluding steroid dienone is 1. The molecule has 112 valence electrons. The van der Waals surface area contributed by atoms with Crippen LogP contribution in [0.25, 0.3) is 0 Å². The molecule has 0 aliphatic heterocycles. The van der Waals surface area contributed by atoms with Crippen LogP contribution in [0.15, 0.2) is 25.4 Å². The van der Waals surface area contributed by atoms with Gasteiger partial charge in [0.25, 0.3) is 0 Å². The van der Waals surface area contributed by atoms with Crippen LogP contribution >= 0.6 is 0 Å². The van der Waals surface area contributed by atoms with Gasteiger partial charge >= 0.3 is 0 Å². The molecule has 0 spiro atoms. The van der Waals surface area contributed by atoms with E-state index in [1.54, 1.807) is 0 Å². The molecule has 0 saturated heterocycles. The minimum absolute atomic E-state index is 0.0346. The number of nitrogens with zero attached hydrogens (tertiary/aromatic N) is 1. The van der Waals surface area contributed by atoms with Crippen molar-refractivity contribution < 1.29 is 4.58 Å². The molecule has 0 bridgehead atoms. The van der Waals surface area contributed by atoms with Gasteiger partial charge in [0.05, 0.1) is 12.0 Å². The summed E-state index contributed by atoms with van der Waals surface area (Å²) >= 11 is 0. The van der Waals surface area contributed by atoms with Crippen molar-refractivity contribution in [3.8, 4) is 0 Å². The quantitative estimate of drug-likeness (QED) is 0.543.